The number of nitrogens with one attached hydrogen (secondary N) is 1. The first-order chi connectivity index (χ1) is 10.3. The second-order valence-electron chi connectivity index (χ2n) is 6.85. The van der Waals surface area contributed by atoms with Gasteiger partial charge < -0.3 is 15.0 Å². The Balaban J connectivity index is 1.83. The molecule has 0 spiro atoms. The van der Waals surface area contributed by atoms with E-state index in [1.807, 2.05) is 37.2 Å². The summed E-state index contributed by atoms with van der Waals surface area (Å²) in [5.74, 6) is 0. The SMILES string of the molecule is CC(NC1CCCN(C(=O)OC(C)(C)C)CC1)c1nccs1. The number of hydrogen-bond acceptors (Lipinski definition) is 5. The fourth-order valence-electron chi connectivity index (χ4n) is 2.65. The summed E-state index contributed by atoms with van der Waals surface area (Å²) < 4.78 is 5.47. The molecule has 1 aromatic heterocycles. The van der Waals surface area contributed by atoms with Crippen molar-refractivity contribution in [2.75, 3.05) is 13.1 Å². The molecule has 1 saturated heterocycles. The molecule has 0 bridgehead atoms. The van der Waals surface area contributed by atoms with Crippen LogP contribution in [0.5, 0.6) is 0 Å². The number of carbonyl (C=O) groups is 1. The monoisotopic (exact) mass is 325 g/mol. The molecule has 124 valence electrons. The van der Waals surface area contributed by atoms with Crippen LogP contribution in [0.4, 0.5) is 4.79 Å². The van der Waals surface area contributed by atoms with E-state index < -0.39 is 5.60 Å². The number of aromatic nitrogens is 1. The van der Waals surface area contributed by atoms with Gasteiger partial charge >= 0.3 is 6.09 Å². The van der Waals surface area contributed by atoms with Gasteiger partial charge in [-0.2, -0.15) is 0 Å². The van der Waals surface area contributed by atoms with Crippen molar-refractivity contribution in [3.8, 4) is 0 Å². The van der Waals surface area contributed by atoms with E-state index in [0.717, 1.165) is 37.4 Å². The van der Waals surface area contributed by atoms with E-state index in [4.69, 9.17) is 4.74 Å². The van der Waals surface area contributed by atoms with Crippen molar-refractivity contribution in [2.24, 2.45) is 0 Å². The predicted molar refractivity (Wildman–Crippen MR) is 89.1 cm³/mol. The zero-order valence-corrected chi connectivity index (χ0v) is 14.8. The third-order valence-corrected chi connectivity index (χ3v) is 4.65. The van der Waals surface area contributed by atoms with E-state index in [1.165, 1.54) is 0 Å². The zero-order valence-electron chi connectivity index (χ0n) is 14.0. The Morgan fingerprint density at radius 1 is 1.45 bits per heavy atom. The average Bonchev–Trinajstić information content (AvgIpc) is 2.84. The molecule has 22 heavy (non-hydrogen) atoms. The summed E-state index contributed by atoms with van der Waals surface area (Å²) in [6.45, 7) is 9.39. The number of hydrogen-bond donors (Lipinski definition) is 1. The van der Waals surface area contributed by atoms with Crippen molar-refractivity contribution in [2.45, 2.75) is 64.6 Å². The van der Waals surface area contributed by atoms with Gasteiger partial charge in [0.25, 0.3) is 0 Å². The standard InChI is InChI=1S/C16H27N3O2S/c1-12(14-17-8-11-22-14)18-13-6-5-9-19(10-7-13)15(20)21-16(2,3)4/h8,11-13,18H,5-7,9-10H2,1-4H3. The second-order valence-corrected chi connectivity index (χ2v) is 7.78. The highest BCUT2D eigenvalue weighted by Gasteiger charge is 2.25. The Labute approximate surface area is 137 Å². The first kappa shape index (κ1) is 17.2. The van der Waals surface area contributed by atoms with Gasteiger partial charge in [-0.1, -0.05) is 0 Å². The van der Waals surface area contributed by atoms with Gasteiger partial charge in [0, 0.05) is 30.7 Å². The molecule has 5 nitrogen and oxygen atoms in total. The Kier molecular flexibility index (Phi) is 5.81. The lowest BCUT2D eigenvalue weighted by Crippen LogP contribution is -2.38. The average molecular weight is 325 g/mol. The first-order valence-electron chi connectivity index (χ1n) is 7.98. The fourth-order valence-corrected chi connectivity index (χ4v) is 3.30. The molecule has 2 unspecified atom stereocenters. The van der Waals surface area contributed by atoms with Gasteiger partial charge in [0.15, 0.2) is 0 Å². The molecule has 2 rings (SSSR count). The van der Waals surface area contributed by atoms with E-state index >= 15 is 0 Å². The minimum absolute atomic E-state index is 0.193. The highest BCUT2D eigenvalue weighted by molar-refractivity contribution is 7.09. The van der Waals surface area contributed by atoms with Crippen LogP contribution in [0.2, 0.25) is 0 Å². The lowest BCUT2D eigenvalue weighted by Gasteiger charge is -2.26. The molecule has 1 fully saturated rings. The summed E-state index contributed by atoms with van der Waals surface area (Å²) in [4.78, 5) is 18.4. The quantitative estimate of drug-likeness (QED) is 0.923. The van der Waals surface area contributed by atoms with Gasteiger partial charge in [-0.25, -0.2) is 9.78 Å². The Morgan fingerprint density at radius 2 is 2.23 bits per heavy atom. The van der Waals surface area contributed by atoms with Gasteiger partial charge in [-0.05, 0) is 47.0 Å². The molecule has 0 saturated carbocycles. The molecule has 1 N–H and O–H groups in total. The summed E-state index contributed by atoms with van der Waals surface area (Å²) in [7, 11) is 0. The van der Waals surface area contributed by atoms with E-state index in [-0.39, 0.29) is 12.1 Å². The molecule has 1 aliphatic rings. The van der Waals surface area contributed by atoms with E-state index in [9.17, 15) is 4.79 Å². The molecular weight excluding hydrogens is 298 g/mol. The van der Waals surface area contributed by atoms with Crippen LogP contribution >= 0.6 is 11.3 Å². The Hall–Kier alpha value is -1.14. The molecule has 0 aromatic carbocycles. The molecule has 6 heteroatoms. The molecule has 2 heterocycles. The topological polar surface area (TPSA) is 54.5 Å². The van der Waals surface area contributed by atoms with E-state index in [2.05, 4.69) is 17.2 Å². The number of nitrogens with zero attached hydrogens (tertiary/aromatic N) is 2. The van der Waals surface area contributed by atoms with Crippen LogP contribution in [0.25, 0.3) is 0 Å². The van der Waals surface area contributed by atoms with Crippen LogP contribution in [0.15, 0.2) is 11.6 Å². The number of thiazole rings is 1. The van der Waals surface area contributed by atoms with Crippen LogP contribution in [0.3, 0.4) is 0 Å². The largest absolute Gasteiger partial charge is 0.444 e. The van der Waals surface area contributed by atoms with Crippen LogP contribution < -0.4 is 5.32 Å². The lowest BCUT2D eigenvalue weighted by atomic mass is 10.1. The molecular formula is C16H27N3O2S. The van der Waals surface area contributed by atoms with Gasteiger partial charge in [-0.3, -0.25) is 0 Å². The number of likely N-dealkylation sites (tertiary alicyclic amines) is 1. The van der Waals surface area contributed by atoms with Crippen molar-refractivity contribution < 1.29 is 9.53 Å². The van der Waals surface area contributed by atoms with Gasteiger partial charge in [-0.15, -0.1) is 11.3 Å². The molecule has 0 aliphatic carbocycles. The maximum Gasteiger partial charge on any atom is 0.410 e. The summed E-state index contributed by atoms with van der Waals surface area (Å²) in [5, 5.41) is 6.76. The minimum atomic E-state index is -0.430. The summed E-state index contributed by atoms with van der Waals surface area (Å²) in [6.07, 6.45) is 4.68. The Bertz CT molecular complexity index is 470. The van der Waals surface area contributed by atoms with E-state index in [1.54, 1.807) is 11.3 Å². The lowest BCUT2D eigenvalue weighted by molar-refractivity contribution is 0.0256. The molecule has 1 amide bonds. The van der Waals surface area contributed by atoms with Crippen molar-refractivity contribution in [1.82, 2.24) is 15.2 Å². The van der Waals surface area contributed by atoms with Gasteiger partial charge in [0.2, 0.25) is 0 Å². The van der Waals surface area contributed by atoms with Crippen molar-refractivity contribution in [3.63, 3.8) is 0 Å². The second kappa shape index (κ2) is 7.42. The number of rotatable bonds is 3. The van der Waals surface area contributed by atoms with Crippen LogP contribution in [-0.2, 0) is 4.74 Å². The molecule has 2 atom stereocenters. The molecule has 0 radical (unpaired) electrons. The maximum atomic E-state index is 12.2. The molecule has 1 aromatic rings. The van der Waals surface area contributed by atoms with Gasteiger partial charge in [0.05, 0.1) is 6.04 Å². The summed E-state index contributed by atoms with van der Waals surface area (Å²) in [6, 6.07) is 0.685. The smallest absolute Gasteiger partial charge is 0.410 e. The number of ether oxygens (including phenoxy) is 1. The normalized spacial score (nSPS) is 21.3. The van der Waals surface area contributed by atoms with Crippen molar-refractivity contribution in [3.05, 3.63) is 16.6 Å². The number of carbonyl (C=O) groups excluding carboxylic acids is 1. The van der Waals surface area contributed by atoms with Gasteiger partial charge in [0.1, 0.15) is 10.6 Å². The zero-order chi connectivity index (χ0) is 16.2. The van der Waals surface area contributed by atoms with Crippen molar-refractivity contribution >= 4 is 17.4 Å². The number of amides is 1. The predicted octanol–water partition coefficient (Wildman–Crippen LogP) is 3.58. The molecule has 1 aliphatic heterocycles. The van der Waals surface area contributed by atoms with E-state index in [0.29, 0.717) is 6.04 Å². The maximum absolute atomic E-state index is 12.2. The minimum Gasteiger partial charge on any atom is -0.444 e. The highest BCUT2D eigenvalue weighted by atomic mass is 32.1. The first-order valence-corrected chi connectivity index (χ1v) is 8.86. The summed E-state index contributed by atoms with van der Waals surface area (Å²) in [5.41, 5.74) is -0.430. The summed E-state index contributed by atoms with van der Waals surface area (Å²) >= 11 is 1.68. The third kappa shape index (κ3) is 5.25. The van der Waals surface area contributed by atoms with Crippen LogP contribution in [-0.4, -0.2) is 40.7 Å². The fraction of sp³-hybridized carbons (Fsp3) is 0.750. The third-order valence-electron chi connectivity index (χ3n) is 3.69. The highest BCUT2D eigenvalue weighted by Crippen LogP contribution is 2.20. The van der Waals surface area contributed by atoms with Crippen molar-refractivity contribution in [1.29, 1.82) is 0 Å². The van der Waals surface area contributed by atoms with Crippen LogP contribution in [0, 0.1) is 0 Å². The Morgan fingerprint density at radius 3 is 2.86 bits per heavy atom. The van der Waals surface area contributed by atoms with Crippen LogP contribution in [0.1, 0.15) is 58.0 Å².